The van der Waals surface area contributed by atoms with E-state index in [1.54, 1.807) is 7.85 Å². The van der Waals surface area contributed by atoms with Gasteiger partial charge in [0, 0.05) is 0 Å². The van der Waals surface area contributed by atoms with E-state index in [9.17, 15) is 14.8 Å². The molecule has 1 aliphatic rings. The topological polar surface area (TPSA) is 116 Å². The van der Waals surface area contributed by atoms with Crippen molar-refractivity contribution in [3.8, 4) is 0 Å². The summed E-state index contributed by atoms with van der Waals surface area (Å²) in [5.74, 6) is 0. The van der Waals surface area contributed by atoms with Crippen LogP contribution in [0.25, 0.3) is 0 Å². The van der Waals surface area contributed by atoms with Crippen molar-refractivity contribution in [1.29, 1.82) is 0 Å². The molecule has 1 heterocycles. The standard InChI is InChI=1S/C5H12BO7P/c6-5-4(8)3(7)2(13-5)1-12-14(9,10)11/h2-5,7-8H,1,6H2,(H2,9,10,11). The van der Waals surface area contributed by atoms with Gasteiger partial charge in [0.15, 0.2) is 0 Å². The van der Waals surface area contributed by atoms with Crippen molar-refractivity contribution >= 4 is 15.7 Å². The van der Waals surface area contributed by atoms with Gasteiger partial charge in [-0.05, 0) is 0 Å². The molecule has 0 aromatic carbocycles. The van der Waals surface area contributed by atoms with Crippen LogP contribution in [0.2, 0.25) is 0 Å². The first kappa shape index (κ1) is 12.1. The first-order valence-electron chi connectivity index (χ1n) is 4.03. The summed E-state index contributed by atoms with van der Waals surface area (Å²) >= 11 is 0. The van der Waals surface area contributed by atoms with Crippen LogP contribution in [0.15, 0.2) is 0 Å². The molecule has 0 bridgehead atoms. The van der Waals surface area contributed by atoms with Gasteiger partial charge in [-0.15, -0.1) is 0 Å². The van der Waals surface area contributed by atoms with Crippen molar-refractivity contribution in [2.75, 3.05) is 6.61 Å². The number of phosphoric acid groups is 1. The maximum absolute atomic E-state index is 10.3. The molecule has 4 atom stereocenters. The van der Waals surface area contributed by atoms with Crippen molar-refractivity contribution in [2.45, 2.75) is 24.3 Å². The second-order valence-electron chi connectivity index (χ2n) is 3.15. The van der Waals surface area contributed by atoms with E-state index in [1.807, 2.05) is 0 Å². The lowest BCUT2D eigenvalue weighted by Crippen LogP contribution is -2.34. The normalized spacial score (nSPS) is 38.9. The van der Waals surface area contributed by atoms with Crippen molar-refractivity contribution < 1.29 is 33.8 Å². The highest BCUT2D eigenvalue weighted by molar-refractivity contribution is 7.46. The van der Waals surface area contributed by atoms with E-state index in [-0.39, 0.29) is 0 Å². The maximum Gasteiger partial charge on any atom is 0.469 e. The lowest BCUT2D eigenvalue weighted by Gasteiger charge is -2.14. The third-order valence-corrected chi connectivity index (χ3v) is 2.49. The quantitative estimate of drug-likeness (QED) is 0.302. The number of hydrogen-bond acceptors (Lipinski definition) is 5. The molecular formula is C5H12BO7P. The highest BCUT2D eigenvalue weighted by atomic mass is 31.2. The first-order chi connectivity index (χ1) is 6.31. The van der Waals surface area contributed by atoms with Crippen LogP contribution >= 0.6 is 7.82 Å². The SMILES string of the molecule is BC1OC(COP(=O)(O)O)C(O)C1O. The number of ether oxygens (including phenoxy) is 1. The average Bonchev–Trinajstić information content (AvgIpc) is 2.28. The van der Waals surface area contributed by atoms with Gasteiger partial charge >= 0.3 is 7.82 Å². The van der Waals surface area contributed by atoms with Gasteiger partial charge in [-0.25, -0.2) is 4.57 Å². The molecule has 7 nitrogen and oxygen atoms in total. The second-order valence-corrected chi connectivity index (χ2v) is 4.39. The Bertz CT molecular complexity index is 242. The molecule has 1 saturated heterocycles. The monoisotopic (exact) mass is 226 g/mol. The minimum Gasteiger partial charge on any atom is -0.388 e. The van der Waals surface area contributed by atoms with Gasteiger partial charge in [-0.2, -0.15) is 0 Å². The van der Waals surface area contributed by atoms with E-state index in [0.29, 0.717) is 0 Å². The third-order valence-electron chi connectivity index (χ3n) is 2.01. The Balaban J connectivity index is 2.44. The molecular weight excluding hydrogens is 214 g/mol. The number of aliphatic hydroxyl groups excluding tert-OH is 2. The minimum atomic E-state index is -4.56. The van der Waals surface area contributed by atoms with Crippen LogP contribution in [0.3, 0.4) is 0 Å². The van der Waals surface area contributed by atoms with Crippen molar-refractivity contribution in [1.82, 2.24) is 0 Å². The van der Waals surface area contributed by atoms with Gasteiger partial charge in [0.2, 0.25) is 0 Å². The number of rotatable bonds is 3. The molecule has 1 fully saturated rings. The van der Waals surface area contributed by atoms with Crippen molar-refractivity contribution in [2.24, 2.45) is 0 Å². The summed E-state index contributed by atoms with van der Waals surface area (Å²) in [6.07, 6.45) is -3.15. The molecule has 14 heavy (non-hydrogen) atoms. The van der Waals surface area contributed by atoms with E-state index in [4.69, 9.17) is 14.5 Å². The molecule has 1 rings (SSSR count). The third kappa shape index (κ3) is 3.03. The van der Waals surface area contributed by atoms with Crippen LogP contribution in [-0.2, 0) is 13.8 Å². The lowest BCUT2D eigenvalue weighted by molar-refractivity contribution is -0.00874. The smallest absolute Gasteiger partial charge is 0.388 e. The Morgan fingerprint density at radius 3 is 2.29 bits per heavy atom. The summed E-state index contributed by atoms with van der Waals surface area (Å²) in [6.45, 7) is -0.452. The van der Waals surface area contributed by atoms with Gasteiger partial charge < -0.3 is 24.7 Å². The molecule has 0 aromatic heterocycles. The Kier molecular flexibility index (Phi) is 3.71. The number of aliphatic hydroxyl groups is 2. The second kappa shape index (κ2) is 4.28. The van der Waals surface area contributed by atoms with Gasteiger partial charge in [0.25, 0.3) is 0 Å². The van der Waals surface area contributed by atoms with E-state index in [0.717, 1.165) is 0 Å². The fourth-order valence-electron chi connectivity index (χ4n) is 1.24. The van der Waals surface area contributed by atoms with Crippen molar-refractivity contribution in [3.63, 3.8) is 0 Å². The minimum absolute atomic E-state index is 0.452. The molecule has 0 amide bonds. The van der Waals surface area contributed by atoms with Crippen LogP contribution in [0, 0.1) is 0 Å². The molecule has 0 aromatic rings. The van der Waals surface area contributed by atoms with E-state index >= 15 is 0 Å². The predicted molar refractivity (Wildman–Crippen MR) is 47.2 cm³/mol. The van der Waals surface area contributed by atoms with Crippen LogP contribution in [0.1, 0.15) is 0 Å². The maximum atomic E-state index is 10.3. The number of hydrogen-bond donors (Lipinski definition) is 4. The summed E-state index contributed by atoms with van der Waals surface area (Å²) in [6, 6.07) is -0.574. The Morgan fingerprint density at radius 2 is 1.93 bits per heavy atom. The van der Waals surface area contributed by atoms with E-state index in [1.165, 1.54) is 0 Å². The molecule has 0 saturated carbocycles. The molecule has 0 aliphatic carbocycles. The van der Waals surface area contributed by atoms with Gasteiger partial charge in [0.1, 0.15) is 26.2 Å². The van der Waals surface area contributed by atoms with Crippen molar-refractivity contribution in [3.05, 3.63) is 0 Å². The van der Waals surface area contributed by atoms with Crippen LogP contribution in [0.4, 0.5) is 0 Å². The van der Waals surface area contributed by atoms with Crippen LogP contribution < -0.4 is 0 Å². The fourth-order valence-corrected chi connectivity index (χ4v) is 1.58. The van der Waals surface area contributed by atoms with Crippen LogP contribution in [-0.4, -0.2) is 58.8 Å². The van der Waals surface area contributed by atoms with E-state index in [2.05, 4.69) is 4.52 Å². The molecule has 0 radical (unpaired) electrons. The molecule has 9 heteroatoms. The fraction of sp³-hybridized carbons (Fsp3) is 1.00. The zero-order valence-corrected chi connectivity index (χ0v) is 8.37. The summed E-state index contributed by atoms with van der Waals surface area (Å²) in [5.41, 5.74) is 0. The zero-order valence-electron chi connectivity index (χ0n) is 7.48. The summed E-state index contributed by atoms with van der Waals surface area (Å²) in [4.78, 5) is 16.8. The Labute approximate surface area is 81.3 Å². The molecule has 4 unspecified atom stereocenters. The van der Waals surface area contributed by atoms with E-state index < -0.39 is 38.7 Å². The summed E-state index contributed by atoms with van der Waals surface area (Å²) < 4.78 is 19.5. The lowest BCUT2D eigenvalue weighted by atomic mass is 9.93. The first-order valence-corrected chi connectivity index (χ1v) is 5.56. The Morgan fingerprint density at radius 1 is 1.36 bits per heavy atom. The molecule has 0 spiro atoms. The highest BCUT2D eigenvalue weighted by Crippen LogP contribution is 2.36. The average molecular weight is 226 g/mol. The summed E-state index contributed by atoms with van der Waals surface area (Å²) in [7, 11) is -3.01. The molecule has 1 aliphatic heterocycles. The van der Waals surface area contributed by atoms with Crippen LogP contribution in [0.5, 0.6) is 0 Å². The Hall–Kier alpha value is 0.0549. The summed E-state index contributed by atoms with van der Waals surface area (Å²) in [5, 5.41) is 18.6. The zero-order chi connectivity index (χ0) is 10.9. The van der Waals surface area contributed by atoms with Gasteiger partial charge in [-0.3, -0.25) is 4.52 Å². The highest BCUT2D eigenvalue weighted by Gasteiger charge is 2.40. The largest absolute Gasteiger partial charge is 0.469 e. The number of phosphoric ester groups is 1. The van der Waals surface area contributed by atoms with Gasteiger partial charge in [0.05, 0.1) is 12.6 Å². The molecule has 4 N–H and O–H groups in total. The molecule has 82 valence electrons. The van der Waals surface area contributed by atoms with Gasteiger partial charge in [-0.1, -0.05) is 0 Å². The predicted octanol–water partition coefficient (Wildman–Crippen LogP) is -2.82.